The van der Waals surface area contributed by atoms with E-state index in [9.17, 15) is 0 Å². The van der Waals surface area contributed by atoms with Gasteiger partial charge >= 0.3 is 0 Å². The Bertz CT molecular complexity index is 3900. The number of hydrogen-bond acceptors (Lipinski definition) is 4. The summed E-state index contributed by atoms with van der Waals surface area (Å²) in [5.41, 5.74) is 13.6. The van der Waals surface area contributed by atoms with E-state index in [-0.39, 0.29) is 0 Å². The van der Waals surface area contributed by atoms with Gasteiger partial charge in [0.1, 0.15) is 0 Å². The molecule has 0 amide bonds. The summed E-state index contributed by atoms with van der Waals surface area (Å²) in [6.45, 7) is 0. The van der Waals surface area contributed by atoms with E-state index in [1.807, 2.05) is 29.5 Å². The summed E-state index contributed by atoms with van der Waals surface area (Å²) in [6.07, 6.45) is 0. The predicted octanol–water partition coefficient (Wildman–Crippen LogP) is 16.0. The van der Waals surface area contributed by atoms with Crippen molar-refractivity contribution >= 4 is 75.0 Å². The SMILES string of the molecule is c1ccc(-c2nc(-c3ccc(-c4cccc(-c5nc6ccc7ccccc7c6c6sc7ccccc7c56)c4)cc3)cc(-c3cccc(-n4c5ccccc5c5ccccc54)c3)n2)cc1. The molecule has 13 aromatic rings. The first-order valence-corrected chi connectivity index (χ1v) is 22.4. The minimum atomic E-state index is 0.690. The van der Waals surface area contributed by atoms with Crippen LogP contribution in [-0.2, 0) is 0 Å². The Morgan fingerprint density at radius 1 is 0.359 bits per heavy atom. The number of benzene rings is 9. The zero-order valence-corrected chi connectivity index (χ0v) is 35.3. The van der Waals surface area contributed by atoms with Gasteiger partial charge in [0.25, 0.3) is 0 Å². The zero-order chi connectivity index (χ0) is 42.1. The summed E-state index contributed by atoms with van der Waals surface area (Å²) in [7, 11) is 0. The van der Waals surface area contributed by atoms with E-state index in [2.05, 4.69) is 205 Å². The maximum Gasteiger partial charge on any atom is 0.160 e. The van der Waals surface area contributed by atoms with Gasteiger partial charge in [-0.2, -0.15) is 0 Å². The number of fused-ring (bicyclic) bond motifs is 10. The molecule has 0 radical (unpaired) electrons. The van der Waals surface area contributed by atoms with E-state index in [4.69, 9.17) is 15.0 Å². The molecule has 5 heteroatoms. The first kappa shape index (κ1) is 36.4. The maximum atomic E-state index is 5.44. The summed E-state index contributed by atoms with van der Waals surface area (Å²) in [5, 5.41) is 8.63. The first-order valence-electron chi connectivity index (χ1n) is 21.6. The molecule has 13 rings (SSSR count). The van der Waals surface area contributed by atoms with E-state index in [0.717, 1.165) is 61.7 Å². The van der Waals surface area contributed by atoms with Crippen LogP contribution < -0.4 is 0 Å². The fourth-order valence-corrected chi connectivity index (χ4v) is 10.8. The van der Waals surface area contributed by atoms with Crippen LogP contribution in [0.2, 0.25) is 0 Å². The van der Waals surface area contributed by atoms with Gasteiger partial charge in [-0.3, -0.25) is 0 Å². The Morgan fingerprint density at radius 2 is 0.969 bits per heavy atom. The number of hydrogen-bond donors (Lipinski definition) is 0. The Balaban J connectivity index is 0.905. The largest absolute Gasteiger partial charge is 0.309 e. The smallest absolute Gasteiger partial charge is 0.160 e. The Kier molecular flexibility index (Phi) is 8.36. The van der Waals surface area contributed by atoms with E-state index < -0.39 is 0 Å². The monoisotopic (exact) mass is 832 g/mol. The first-order chi connectivity index (χ1) is 31.7. The summed E-state index contributed by atoms with van der Waals surface area (Å²) < 4.78 is 4.91. The molecule has 0 unspecified atom stereocenters. The van der Waals surface area contributed by atoms with Crippen LogP contribution in [0, 0.1) is 0 Å². The highest BCUT2D eigenvalue weighted by atomic mass is 32.1. The van der Waals surface area contributed by atoms with E-state index >= 15 is 0 Å². The molecular weight excluding hydrogens is 797 g/mol. The average molecular weight is 833 g/mol. The van der Waals surface area contributed by atoms with Gasteiger partial charge in [0.2, 0.25) is 0 Å². The van der Waals surface area contributed by atoms with Gasteiger partial charge in [-0.05, 0) is 70.4 Å². The molecule has 0 saturated carbocycles. The van der Waals surface area contributed by atoms with E-state index in [1.54, 1.807) is 0 Å². The van der Waals surface area contributed by atoms with Gasteiger partial charge in [-0.1, -0.05) is 170 Å². The molecule has 0 saturated heterocycles. The van der Waals surface area contributed by atoms with Gasteiger partial charge in [-0.15, -0.1) is 11.3 Å². The highest BCUT2D eigenvalue weighted by molar-refractivity contribution is 7.27. The van der Waals surface area contributed by atoms with Crippen molar-refractivity contribution in [1.82, 2.24) is 19.5 Å². The van der Waals surface area contributed by atoms with Gasteiger partial charge in [0, 0.05) is 64.3 Å². The summed E-state index contributed by atoms with van der Waals surface area (Å²) in [5.74, 6) is 0.690. The Hall–Kier alpha value is -8.25. The van der Waals surface area contributed by atoms with Gasteiger partial charge in [-0.25, -0.2) is 15.0 Å². The molecule has 0 atom stereocenters. The van der Waals surface area contributed by atoms with Crippen molar-refractivity contribution in [2.24, 2.45) is 0 Å². The van der Waals surface area contributed by atoms with Gasteiger partial charge < -0.3 is 4.57 Å². The maximum absolute atomic E-state index is 5.44. The molecule has 4 aromatic heterocycles. The van der Waals surface area contributed by atoms with Crippen molar-refractivity contribution in [2.75, 3.05) is 0 Å². The van der Waals surface area contributed by atoms with Crippen LogP contribution >= 0.6 is 11.3 Å². The molecular formula is C59H36N4S. The lowest BCUT2D eigenvalue weighted by Crippen LogP contribution is -1.98. The van der Waals surface area contributed by atoms with Crippen molar-refractivity contribution in [3.05, 3.63) is 218 Å². The second kappa shape index (κ2) is 14.7. The lowest BCUT2D eigenvalue weighted by Gasteiger charge is -2.13. The van der Waals surface area contributed by atoms with Crippen molar-refractivity contribution in [3.63, 3.8) is 0 Å². The summed E-state index contributed by atoms with van der Waals surface area (Å²) >= 11 is 1.86. The highest BCUT2D eigenvalue weighted by Gasteiger charge is 2.19. The van der Waals surface area contributed by atoms with Crippen molar-refractivity contribution in [2.45, 2.75) is 0 Å². The van der Waals surface area contributed by atoms with Crippen LogP contribution in [0.25, 0.3) is 126 Å². The standard InChI is InChI=1S/C59H36N4S/c1-2-15-40(16-3-1)59-61-50(36-51(62-59)42-18-13-20-44(35-42)63-52-25-9-6-22-46(52)47-23-7-10-26-53(47)63)39-30-28-37(29-31-39)41-17-12-19-43(34-41)57-56-48-24-8-11-27-54(48)64-58(56)55-45-21-5-4-14-38(45)32-33-49(55)60-57/h1-36H. The lowest BCUT2D eigenvalue weighted by atomic mass is 9.96. The Labute approximate surface area is 373 Å². The van der Waals surface area contributed by atoms with E-state index in [1.165, 1.54) is 58.1 Å². The van der Waals surface area contributed by atoms with Crippen LogP contribution in [0.15, 0.2) is 218 Å². The fraction of sp³-hybridized carbons (Fsp3) is 0. The predicted molar refractivity (Wildman–Crippen MR) is 269 cm³/mol. The molecule has 0 aliphatic rings. The van der Waals surface area contributed by atoms with E-state index in [0.29, 0.717) is 5.82 Å². The molecule has 4 heterocycles. The van der Waals surface area contributed by atoms with Gasteiger partial charge in [0.05, 0.1) is 33.6 Å². The number of nitrogens with zero attached hydrogens (tertiary/aromatic N) is 4. The molecule has 0 fully saturated rings. The third-order valence-electron chi connectivity index (χ3n) is 12.6. The third-order valence-corrected chi connectivity index (χ3v) is 13.8. The molecule has 0 spiro atoms. The number of rotatable bonds is 6. The van der Waals surface area contributed by atoms with Crippen LogP contribution in [-0.4, -0.2) is 19.5 Å². The average Bonchev–Trinajstić information content (AvgIpc) is 3.93. The minimum Gasteiger partial charge on any atom is -0.309 e. The van der Waals surface area contributed by atoms with Crippen molar-refractivity contribution < 1.29 is 0 Å². The van der Waals surface area contributed by atoms with Crippen LogP contribution in [0.5, 0.6) is 0 Å². The number of pyridine rings is 1. The highest BCUT2D eigenvalue weighted by Crippen LogP contribution is 2.45. The van der Waals surface area contributed by atoms with Crippen LogP contribution in [0.1, 0.15) is 0 Å². The molecule has 0 aliphatic carbocycles. The van der Waals surface area contributed by atoms with Gasteiger partial charge in [0.15, 0.2) is 5.82 Å². The number of thiophene rings is 1. The van der Waals surface area contributed by atoms with Crippen molar-refractivity contribution in [3.8, 4) is 62.0 Å². The molecule has 64 heavy (non-hydrogen) atoms. The molecule has 4 nitrogen and oxygen atoms in total. The molecule has 0 bridgehead atoms. The van der Waals surface area contributed by atoms with Crippen LogP contribution in [0.3, 0.4) is 0 Å². The zero-order valence-electron chi connectivity index (χ0n) is 34.5. The quantitative estimate of drug-likeness (QED) is 0.157. The second-order valence-corrected chi connectivity index (χ2v) is 17.4. The molecule has 298 valence electrons. The Morgan fingerprint density at radius 3 is 1.77 bits per heavy atom. The minimum absolute atomic E-state index is 0.690. The summed E-state index contributed by atoms with van der Waals surface area (Å²) in [6, 6.07) is 77.7. The normalized spacial score (nSPS) is 11.8. The number of para-hydroxylation sites is 2. The fourth-order valence-electron chi connectivity index (χ4n) is 9.58. The molecule has 9 aromatic carbocycles. The second-order valence-electron chi connectivity index (χ2n) is 16.3. The van der Waals surface area contributed by atoms with Crippen LogP contribution in [0.4, 0.5) is 0 Å². The number of aromatic nitrogens is 4. The lowest BCUT2D eigenvalue weighted by molar-refractivity contribution is 1.16. The molecule has 0 N–H and O–H groups in total. The topological polar surface area (TPSA) is 43.6 Å². The molecule has 0 aliphatic heterocycles. The van der Waals surface area contributed by atoms with Crippen molar-refractivity contribution in [1.29, 1.82) is 0 Å². The third kappa shape index (κ3) is 5.93. The summed E-state index contributed by atoms with van der Waals surface area (Å²) in [4.78, 5) is 15.8.